The number of para-hydroxylation sites is 1. The smallest absolute Gasteiger partial charge is 0.259 e. The zero-order valence-electron chi connectivity index (χ0n) is 17.1. The molecule has 0 radical (unpaired) electrons. The quantitative estimate of drug-likeness (QED) is 0.524. The van der Waals surface area contributed by atoms with E-state index >= 15 is 0 Å². The number of aryl methyl sites for hydroxylation is 4. The van der Waals surface area contributed by atoms with E-state index < -0.39 is 0 Å². The summed E-state index contributed by atoms with van der Waals surface area (Å²) in [5.41, 5.74) is 4.77. The molecule has 0 saturated carbocycles. The number of carbonyl (C=O) groups is 1. The predicted molar refractivity (Wildman–Crippen MR) is 115 cm³/mol. The van der Waals surface area contributed by atoms with Crippen LogP contribution < -0.4 is 10.9 Å². The maximum atomic E-state index is 12.5. The monoisotopic (exact) mass is 402 g/mol. The van der Waals surface area contributed by atoms with Crippen molar-refractivity contribution in [3.63, 3.8) is 0 Å². The van der Waals surface area contributed by atoms with Crippen LogP contribution in [0.4, 0.5) is 5.69 Å². The summed E-state index contributed by atoms with van der Waals surface area (Å²) in [4.78, 5) is 31.9. The Labute approximate surface area is 173 Å². The highest BCUT2D eigenvalue weighted by molar-refractivity contribution is 5.91. The highest BCUT2D eigenvalue weighted by Gasteiger charge is 2.15. The molecule has 7 nitrogen and oxygen atoms in total. The zero-order chi connectivity index (χ0) is 21.3. The molecule has 2 aromatic carbocycles. The van der Waals surface area contributed by atoms with Gasteiger partial charge in [0.15, 0.2) is 0 Å². The Morgan fingerprint density at radius 3 is 2.63 bits per heavy atom. The van der Waals surface area contributed by atoms with E-state index in [-0.39, 0.29) is 30.1 Å². The molecule has 0 aliphatic rings. The van der Waals surface area contributed by atoms with E-state index in [1.807, 2.05) is 57.2 Å². The molecule has 2 heterocycles. The maximum absolute atomic E-state index is 12.5. The molecular formula is C23H22N4O3. The maximum Gasteiger partial charge on any atom is 0.259 e. The van der Waals surface area contributed by atoms with Crippen LogP contribution in [0.2, 0.25) is 0 Å². The Kier molecular flexibility index (Phi) is 5.18. The Bertz CT molecular complexity index is 1280. The summed E-state index contributed by atoms with van der Waals surface area (Å²) >= 11 is 0. The van der Waals surface area contributed by atoms with Crippen molar-refractivity contribution in [3.8, 4) is 11.4 Å². The van der Waals surface area contributed by atoms with Crippen molar-refractivity contribution in [1.29, 1.82) is 0 Å². The van der Waals surface area contributed by atoms with Gasteiger partial charge in [-0.25, -0.2) is 0 Å². The molecule has 0 fully saturated rings. The van der Waals surface area contributed by atoms with Gasteiger partial charge in [-0.2, -0.15) is 4.98 Å². The molecule has 30 heavy (non-hydrogen) atoms. The molecule has 0 saturated heterocycles. The summed E-state index contributed by atoms with van der Waals surface area (Å²) in [6.07, 6.45) is 0.482. The second-order valence-corrected chi connectivity index (χ2v) is 7.49. The number of aromatic amines is 1. The van der Waals surface area contributed by atoms with E-state index in [2.05, 4.69) is 20.4 Å². The van der Waals surface area contributed by atoms with Crippen molar-refractivity contribution in [2.75, 3.05) is 5.32 Å². The van der Waals surface area contributed by atoms with Gasteiger partial charge in [-0.3, -0.25) is 9.59 Å². The van der Waals surface area contributed by atoms with Gasteiger partial charge in [-0.15, -0.1) is 0 Å². The van der Waals surface area contributed by atoms with Gasteiger partial charge in [-0.1, -0.05) is 29.4 Å². The Hall–Kier alpha value is -3.74. The predicted octanol–water partition coefficient (Wildman–Crippen LogP) is 4.07. The Morgan fingerprint density at radius 2 is 1.87 bits per heavy atom. The molecule has 2 aromatic heterocycles. The average Bonchev–Trinajstić information content (AvgIpc) is 3.15. The minimum atomic E-state index is -0.281. The van der Waals surface area contributed by atoms with Gasteiger partial charge in [0.2, 0.25) is 17.6 Å². The molecule has 0 bridgehead atoms. The summed E-state index contributed by atoms with van der Waals surface area (Å²) < 4.78 is 5.25. The minimum Gasteiger partial charge on any atom is -0.339 e. The van der Waals surface area contributed by atoms with E-state index in [0.29, 0.717) is 11.5 Å². The fraction of sp³-hybridized carbons (Fsp3) is 0.217. The summed E-state index contributed by atoms with van der Waals surface area (Å²) in [6, 6.07) is 13.4. The molecule has 7 heteroatoms. The number of benzene rings is 2. The number of fused-ring (bicyclic) bond motifs is 1. The second-order valence-electron chi connectivity index (χ2n) is 7.49. The number of nitrogens with one attached hydrogen (secondary N) is 2. The van der Waals surface area contributed by atoms with E-state index in [0.717, 1.165) is 33.3 Å². The van der Waals surface area contributed by atoms with Crippen molar-refractivity contribution in [2.24, 2.45) is 0 Å². The third kappa shape index (κ3) is 4.15. The van der Waals surface area contributed by atoms with Gasteiger partial charge in [0.05, 0.1) is 11.1 Å². The van der Waals surface area contributed by atoms with Crippen molar-refractivity contribution < 1.29 is 9.32 Å². The van der Waals surface area contributed by atoms with Crippen LogP contribution in [-0.2, 0) is 11.2 Å². The molecule has 1 amide bonds. The lowest BCUT2D eigenvalue weighted by molar-refractivity contribution is -0.116. The number of anilines is 1. The molecule has 2 N–H and O–H groups in total. The highest BCUT2D eigenvalue weighted by atomic mass is 16.5. The molecule has 4 aromatic rings. The molecule has 4 rings (SSSR count). The number of amides is 1. The van der Waals surface area contributed by atoms with Gasteiger partial charge in [0.25, 0.3) is 5.56 Å². The van der Waals surface area contributed by atoms with Crippen LogP contribution in [0.25, 0.3) is 22.3 Å². The summed E-state index contributed by atoms with van der Waals surface area (Å²) in [5, 5.41) is 7.70. The first-order chi connectivity index (χ1) is 14.4. The van der Waals surface area contributed by atoms with Gasteiger partial charge >= 0.3 is 0 Å². The molecule has 0 atom stereocenters. The molecule has 0 aliphatic heterocycles. The second kappa shape index (κ2) is 7.94. The van der Waals surface area contributed by atoms with Crippen molar-refractivity contribution >= 4 is 22.5 Å². The Balaban J connectivity index is 1.47. The zero-order valence-corrected chi connectivity index (χ0v) is 17.1. The van der Waals surface area contributed by atoms with Crippen LogP contribution in [0.5, 0.6) is 0 Å². The van der Waals surface area contributed by atoms with E-state index in [1.165, 1.54) is 0 Å². The van der Waals surface area contributed by atoms with Crippen LogP contribution in [0.1, 0.15) is 29.0 Å². The molecule has 0 aliphatic carbocycles. The lowest BCUT2D eigenvalue weighted by atomic mass is 10.1. The number of carbonyl (C=O) groups excluding carboxylic acids is 1. The third-order valence-electron chi connectivity index (χ3n) is 4.87. The van der Waals surface area contributed by atoms with Crippen molar-refractivity contribution in [3.05, 3.63) is 75.4 Å². The largest absolute Gasteiger partial charge is 0.339 e. The fourth-order valence-electron chi connectivity index (χ4n) is 3.51. The normalized spacial score (nSPS) is 11.0. The van der Waals surface area contributed by atoms with Gasteiger partial charge in [0, 0.05) is 18.5 Å². The molecule has 0 spiro atoms. The van der Waals surface area contributed by atoms with Crippen molar-refractivity contribution in [2.45, 2.75) is 33.6 Å². The number of hydrogen-bond acceptors (Lipinski definition) is 5. The first kappa shape index (κ1) is 19.6. The number of H-pyrrole nitrogens is 1. The number of pyridine rings is 1. The highest BCUT2D eigenvalue weighted by Crippen LogP contribution is 2.20. The van der Waals surface area contributed by atoms with Gasteiger partial charge in [0.1, 0.15) is 0 Å². The van der Waals surface area contributed by atoms with Crippen LogP contribution >= 0.6 is 0 Å². The lowest BCUT2D eigenvalue weighted by Crippen LogP contribution is -2.12. The minimum absolute atomic E-state index is 0.140. The molecule has 0 unspecified atom stereocenters. The number of aromatic nitrogens is 3. The van der Waals surface area contributed by atoms with Gasteiger partial charge in [-0.05, 0) is 61.0 Å². The lowest BCUT2D eigenvalue weighted by Gasteiger charge is -2.06. The SMILES string of the molecule is Cc1cc(C)cc(NC(=O)CCc2nc(-c3cc4cccc(C)c4[nH]c3=O)no2)c1. The molecule has 152 valence electrons. The fourth-order valence-corrected chi connectivity index (χ4v) is 3.51. The number of rotatable bonds is 5. The Morgan fingerprint density at radius 1 is 1.10 bits per heavy atom. The average molecular weight is 402 g/mol. The number of hydrogen-bond donors (Lipinski definition) is 2. The van der Waals surface area contributed by atoms with Crippen LogP contribution in [0.3, 0.4) is 0 Å². The summed E-state index contributed by atoms with van der Waals surface area (Å²) in [7, 11) is 0. The van der Waals surface area contributed by atoms with E-state index in [1.54, 1.807) is 6.07 Å². The van der Waals surface area contributed by atoms with Crippen LogP contribution in [0, 0.1) is 20.8 Å². The first-order valence-corrected chi connectivity index (χ1v) is 9.73. The standard InChI is InChI=1S/C23H22N4O3/c1-13-9-14(2)11-17(10-13)24-19(28)7-8-20-25-22(27-30-20)18-12-16-6-4-5-15(3)21(16)26-23(18)29/h4-6,9-12H,7-8H2,1-3H3,(H,24,28)(H,26,29). The number of nitrogens with zero attached hydrogens (tertiary/aromatic N) is 2. The topological polar surface area (TPSA) is 101 Å². The van der Waals surface area contributed by atoms with Crippen LogP contribution in [0.15, 0.2) is 51.8 Å². The summed E-state index contributed by atoms with van der Waals surface area (Å²) in [6.45, 7) is 5.91. The summed E-state index contributed by atoms with van der Waals surface area (Å²) in [5.74, 6) is 0.382. The van der Waals surface area contributed by atoms with E-state index in [4.69, 9.17) is 4.52 Å². The molecular weight excluding hydrogens is 380 g/mol. The van der Waals surface area contributed by atoms with Crippen molar-refractivity contribution in [1.82, 2.24) is 15.1 Å². The van der Waals surface area contributed by atoms with Gasteiger partial charge < -0.3 is 14.8 Å². The third-order valence-corrected chi connectivity index (χ3v) is 4.87. The first-order valence-electron chi connectivity index (χ1n) is 9.73. The van der Waals surface area contributed by atoms with E-state index in [9.17, 15) is 9.59 Å². The van der Waals surface area contributed by atoms with Crippen LogP contribution in [-0.4, -0.2) is 21.0 Å².